The Morgan fingerprint density at radius 1 is 0.921 bits per heavy atom. The van der Waals surface area contributed by atoms with Crippen LogP contribution in [0, 0.1) is 5.82 Å². The van der Waals surface area contributed by atoms with Crippen LogP contribution in [0.2, 0.25) is 10.0 Å². The Balaban J connectivity index is 1.57. The molecule has 8 heteroatoms. The van der Waals surface area contributed by atoms with Gasteiger partial charge in [0.05, 0.1) is 12.1 Å². The minimum atomic E-state index is -1.29. The number of ether oxygens (including phenoxy) is 1. The van der Waals surface area contributed by atoms with Crippen LogP contribution >= 0.6 is 23.2 Å². The molecule has 38 heavy (non-hydrogen) atoms. The van der Waals surface area contributed by atoms with E-state index in [9.17, 15) is 14.0 Å². The smallest absolute Gasteiger partial charge is 0.238 e. The molecule has 3 aromatic rings. The van der Waals surface area contributed by atoms with Crippen molar-refractivity contribution in [1.82, 2.24) is 5.32 Å². The molecule has 2 heterocycles. The highest BCUT2D eigenvalue weighted by Gasteiger charge is 2.61. The third kappa shape index (κ3) is 4.24. The molecule has 5 nitrogen and oxygen atoms in total. The van der Waals surface area contributed by atoms with Crippen molar-refractivity contribution >= 4 is 40.7 Å². The van der Waals surface area contributed by atoms with Gasteiger partial charge in [0.25, 0.3) is 0 Å². The molecule has 2 fully saturated rings. The van der Waals surface area contributed by atoms with Crippen LogP contribution in [0.4, 0.5) is 10.1 Å². The largest absolute Gasteiger partial charge is 0.490 e. The molecule has 6 rings (SSSR count). The van der Waals surface area contributed by atoms with E-state index in [0.29, 0.717) is 32.6 Å². The van der Waals surface area contributed by atoms with Crippen LogP contribution in [0.15, 0.2) is 60.7 Å². The van der Waals surface area contributed by atoms with Gasteiger partial charge in [0.1, 0.15) is 17.0 Å². The summed E-state index contributed by atoms with van der Waals surface area (Å²) in [6.45, 7) is 0. The first-order chi connectivity index (χ1) is 18.4. The van der Waals surface area contributed by atoms with Gasteiger partial charge in [-0.3, -0.25) is 9.59 Å². The van der Waals surface area contributed by atoms with Crippen molar-refractivity contribution in [3.63, 3.8) is 0 Å². The minimum absolute atomic E-state index is 0.0430. The van der Waals surface area contributed by atoms with Crippen molar-refractivity contribution < 1.29 is 18.7 Å². The fraction of sp³-hybridized carbons (Fsp3) is 0.333. The zero-order valence-electron chi connectivity index (χ0n) is 20.6. The molecular weight excluding hydrogens is 526 g/mol. The highest BCUT2D eigenvalue weighted by Crippen LogP contribution is 2.58. The van der Waals surface area contributed by atoms with E-state index in [0.717, 1.165) is 31.2 Å². The average Bonchev–Trinajstić information content (AvgIpc) is 3.18. The first-order valence-electron chi connectivity index (χ1n) is 13.0. The van der Waals surface area contributed by atoms with E-state index in [4.69, 9.17) is 27.9 Å². The average molecular weight is 553 g/mol. The number of carbonyl (C=O) groups is 2. The maximum Gasteiger partial charge on any atom is 0.238 e. The first-order valence-corrected chi connectivity index (χ1v) is 13.7. The number of benzene rings is 3. The van der Waals surface area contributed by atoms with Gasteiger partial charge >= 0.3 is 0 Å². The van der Waals surface area contributed by atoms with Crippen molar-refractivity contribution in [2.45, 2.75) is 62.0 Å². The Bertz CT molecular complexity index is 1420. The molecule has 0 radical (unpaired) electrons. The molecule has 1 spiro atoms. The molecule has 3 aliphatic rings. The minimum Gasteiger partial charge on any atom is -0.490 e. The number of anilines is 1. The normalized spacial score (nSPS) is 25.1. The summed E-state index contributed by atoms with van der Waals surface area (Å²) in [6.07, 6.45) is 5.35. The van der Waals surface area contributed by atoms with Crippen molar-refractivity contribution in [2.24, 2.45) is 0 Å². The maximum absolute atomic E-state index is 14.3. The monoisotopic (exact) mass is 552 g/mol. The topological polar surface area (TPSA) is 67.4 Å². The molecule has 0 bridgehead atoms. The summed E-state index contributed by atoms with van der Waals surface area (Å²) in [6, 6.07) is 16.0. The van der Waals surface area contributed by atoms with Gasteiger partial charge in [-0.1, -0.05) is 47.8 Å². The van der Waals surface area contributed by atoms with Crippen LogP contribution in [0.3, 0.4) is 0 Å². The number of nitrogens with one attached hydrogen (secondary N) is 2. The molecule has 2 N–H and O–H groups in total. The summed E-state index contributed by atoms with van der Waals surface area (Å²) < 4.78 is 20.8. The van der Waals surface area contributed by atoms with Crippen molar-refractivity contribution in [3.8, 4) is 5.75 Å². The molecule has 1 unspecified atom stereocenters. The molecule has 3 atom stereocenters. The van der Waals surface area contributed by atoms with E-state index in [-0.39, 0.29) is 24.3 Å². The van der Waals surface area contributed by atoms with Crippen LogP contribution in [-0.2, 0) is 15.0 Å². The number of carbonyl (C=O) groups excluding carboxylic acids is 2. The van der Waals surface area contributed by atoms with Gasteiger partial charge in [0.2, 0.25) is 11.8 Å². The lowest BCUT2D eigenvalue weighted by atomic mass is 9.59. The third-order valence-electron chi connectivity index (χ3n) is 8.13. The second-order valence-corrected chi connectivity index (χ2v) is 11.3. The first kappa shape index (κ1) is 25.2. The molecule has 1 saturated carbocycles. The molecule has 0 aromatic heterocycles. The van der Waals surface area contributed by atoms with Crippen LogP contribution < -0.4 is 15.4 Å². The van der Waals surface area contributed by atoms with Gasteiger partial charge < -0.3 is 15.4 Å². The lowest BCUT2D eigenvalue weighted by molar-refractivity contribution is -0.131. The predicted octanol–water partition coefficient (Wildman–Crippen LogP) is 7.08. The molecule has 1 saturated heterocycles. The summed E-state index contributed by atoms with van der Waals surface area (Å²) >= 11 is 12.9. The van der Waals surface area contributed by atoms with Gasteiger partial charge in [0.15, 0.2) is 0 Å². The van der Waals surface area contributed by atoms with Gasteiger partial charge in [-0.15, -0.1) is 0 Å². The molecular formula is C30H27Cl2FN2O3. The molecule has 2 amide bonds. The number of hydrogen-bond donors (Lipinski definition) is 2. The Labute approximate surface area is 230 Å². The fourth-order valence-corrected chi connectivity index (χ4v) is 6.86. The maximum atomic E-state index is 14.3. The van der Waals surface area contributed by atoms with E-state index in [2.05, 4.69) is 10.6 Å². The molecule has 1 aliphatic carbocycles. The summed E-state index contributed by atoms with van der Waals surface area (Å²) in [5, 5.41) is 6.97. The summed E-state index contributed by atoms with van der Waals surface area (Å²) in [7, 11) is 0. The fourth-order valence-electron chi connectivity index (χ4n) is 6.48. The van der Waals surface area contributed by atoms with E-state index in [1.165, 1.54) is 18.6 Å². The number of fused-ring (bicyclic) bond motifs is 2. The summed E-state index contributed by atoms with van der Waals surface area (Å²) in [5.74, 6) is -0.982. The van der Waals surface area contributed by atoms with E-state index >= 15 is 0 Å². The molecule has 196 valence electrons. The van der Waals surface area contributed by atoms with Gasteiger partial charge in [-0.25, -0.2) is 4.39 Å². The Morgan fingerprint density at radius 2 is 1.71 bits per heavy atom. The van der Waals surface area contributed by atoms with E-state index < -0.39 is 23.2 Å². The van der Waals surface area contributed by atoms with Gasteiger partial charge in [-0.05, 0) is 79.3 Å². The highest BCUT2D eigenvalue weighted by atomic mass is 35.5. The van der Waals surface area contributed by atoms with E-state index in [1.807, 2.05) is 18.2 Å². The Morgan fingerprint density at radius 3 is 2.50 bits per heavy atom. The van der Waals surface area contributed by atoms with Crippen LogP contribution in [0.25, 0.3) is 0 Å². The second kappa shape index (κ2) is 9.90. The predicted molar refractivity (Wildman–Crippen MR) is 145 cm³/mol. The second-order valence-electron chi connectivity index (χ2n) is 10.4. The number of halogens is 3. The number of piperidine rings is 1. The number of rotatable bonds is 4. The lowest BCUT2D eigenvalue weighted by Gasteiger charge is -2.46. The lowest BCUT2D eigenvalue weighted by Crippen LogP contribution is -2.57. The van der Waals surface area contributed by atoms with Crippen LogP contribution in [-0.4, -0.2) is 17.9 Å². The SMILES string of the molecule is O=C1C[C@@H](c2cccc(Cl)c2)C2(C(=O)Nc3cc(F)ccc32)[C@@H](c2cc(Cl)ccc2OC2CCCCC2)N1. The Hall–Kier alpha value is -3.09. The molecule has 2 aliphatic heterocycles. The van der Waals surface area contributed by atoms with Crippen molar-refractivity contribution in [1.29, 1.82) is 0 Å². The standard InChI is InChI=1S/C30H27Cl2FN2O3/c31-18-6-4-5-17(13-18)24-16-27(36)35-28(30(24)23-11-10-20(33)15-25(23)34-29(30)37)22-14-19(32)9-12-26(22)38-21-7-2-1-3-8-21/h4-6,9-15,21,24,28H,1-3,7-8,16H2,(H,34,37)(H,35,36)/t24-,28+,30?/m0/s1. The summed E-state index contributed by atoms with van der Waals surface area (Å²) in [5.41, 5.74) is 1.08. The van der Waals surface area contributed by atoms with Gasteiger partial charge in [0, 0.05) is 33.6 Å². The van der Waals surface area contributed by atoms with Crippen molar-refractivity contribution in [2.75, 3.05) is 5.32 Å². The van der Waals surface area contributed by atoms with E-state index in [1.54, 1.807) is 30.3 Å². The number of hydrogen-bond acceptors (Lipinski definition) is 3. The molecule has 3 aromatic carbocycles. The zero-order chi connectivity index (χ0) is 26.4. The quantitative estimate of drug-likeness (QED) is 0.363. The zero-order valence-corrected chi connectivity index (χ0v) is 22.1. The summed E-state index contributed by atoms with van der Waals surface area (Å²) in [4.78, 5) is 27.5. The van der Waals surface area contributed by atoms with Crippen LogP contribution in [0.1, 0.15) is 67.2 Å². The van der Waals surface area contributed by atoms with Crippen LogP contribution in [0.5, 0.6) is 5.75 Å². The highest BCUT2D eigenvalue weighted by molar-refractivity contribution is 6.31. The van der Waals surface area contributed by atoms with Crippen molar-refractivity contribution in [3.05, 3.63) is 93.2 Å². The number of amides is 2. The third-order valence-corrected chi connectivity index (χ3v) is 8.60. The van der Waals surface area contributed by atoms with Gasteiger partial charge in [-0.2, -0.15) is 0 Å². The Kier molecular flexibility index (Phi) is 6.57.